The van der Waals surface area contributed by atoms with Crippen LogP contribution in [-0.4, -0.2) is 67.2 Å². The van der Waals surface area contributed by atoms with Crippen LogP contribution in [0.2, 0.25) is 5.02 Å². The van der Waals surface area contributed by atoms with Crippen LogP contribution in [0.25, 0.3) is 0 Å². The van der Waals surface area contributed by atoms with Gasteiger partial charge in [0.15, 0.2) is 0 Å². The Labute approximate surface area is 178 Å². The van der Waals surface area contributed by atoms with Crippen LogP contribution in [0.15, 0.2) is 23.0 Å². The van der Waals surface area contributed by atoms with Crippen molar-refractivity contribution in [3.8, 4) is 5.75 Å². The number of hydrogen-bond donors (Lipinski definition) is 2. The summed E-state index contributed by atoms with van der Waals surface area (Å²) in [6.45, 7) is 4.26. The lowest BCUT2D eigenvalue weighted by Gasteiger charge is -2.38. The Balaban J connectivity index is 1.33. The SMILES string of the molecule is CNC(=O)c1ccc(N2CCN(CC3COc4cc(Cl)c(=O)[nH]c4C3)CC2)c(F)n1. The number of aromatic amines is 1. The van der Waals surface area contributed by atoms with Gasteiger partial charge in [0.25, 0.3) is 11.5 Å². The second-order valence-electron chi connectivity index (χ2n) is 7.54. The van der Waals surface area contributed by atoms with Gasteiger partial charge in [-0.15, -0.1) is 0 Å². The molecule has 8 nitrogen and oxygen atoms in total. The Kier molecular flexibility index (Phi) is 5.92. The van der Waals surface area contributed by atoms with E-state index in [1.165, 1.54) is 13.1 Å². The number of amides is 1. The number of piperazine rings is 1. The molecule has 0 spiro atoms. The van der Waals surface area contributed by atoms with Crippen LogP contribution in [-0.2, 0) is 6.42 Å². The number of aromatic nitrogens is 2. The van der Waals surface area contributed by atoms with Crippen LogP contribution >= 0.6 is 11.6 Å². The average Bonchev–Trinajstić information content (AvgIpc) is 2.75. The molecule has 4 heterocycles. The molecule has 0 saturated carbocycles. The molecule has 1 amide bonds. The van der Waals surface area contributed by atoms with Gasteiger partial charge in [0.2, 0.25) is 5.95 Å². The van der Waals surface area contributed by atoms with Gasteiger partial charge in [0.05, 0.1) is 18.0 Å². The largest absolute Gasteiger partial charge is 0.491 e. The lowest BCUT2D eigenvalue weighted by atomic mass is 9.99. The zero-order chi connectivity index (χ0) is 21.3. The zero-order valence-corrected chi connectivity index (χ0v) is 17.3. The molecule has 0 bridgehead atoms. The first kappa shape index (κ1) is 20.6. The summed E-state index contributed by atoms with van der Waals surface area (Å²) in [7, 11) is 1.48. The number of pyridine rings is 2. The topological polar surface area (TPSA) is 90.6 Å². The van der Waals surface area contributed by atoms with Crippen LogP contribution in [0.5, 0.6) is 5.75 Å². The molecule has 2 aromatic heterocycles. The number of nitrogens with zero attached hydrogens (tertiary/aromatic N) is 3. The van der Waals surface area contributed by atoms with E-state index in [2.05, 4.69) is 20.2 Å². The Hall–Kier alpha value is -2.65. The highest BCUT2D eigenvalue weighted by atomic mass is 35.5. The molecule has 0 radical (unpaired) electrons. The number of carbonyl (C=O) groups is 1. The van der Waals surface area contributed by atoms with Gasteiger partial charge in [-0.2, -0.15) is 4.39 Å². The van der Waals surface area contributed by atoms with Gasteiger partial charge in [-0.1, -0.05) is 11.6 Å². The first-order chi connectivity index (χ1) is 14.4. The van der Waals surface area contributed by atoms with Crippen LogP contribution in [0.1, 0.15) is 16.2 Å². The first-order valence-electron chi connectivity index (χ1n) is 9.85. The van der Waals surface area contributed by atoms with Crippen LogP contribution in [0.3, 0.4) is 0 Å². The highest BCUT2D eigenvalue weighted by Crippen LogP contribution is 2.27. The molecular formula is C20H23ClFN5O3. The fraction of sp³-hybridized carbons (Fsp3) is 0.450. The summed E-state index contributed by atoms with van der Waals surface area (Å²) in [6.07, 6.45) is 0.724. The molecule has 2 N–H and O–H groups in total. The molecule has 1 fully saturated rings. The van der Waals surface area contributed by atoms with Gasteiger partial charge >= 0.3 is 0 Å². The standard InChI is InChI=1S/C20H23ClFN5O3/c1-23-20(29)14-2-3-16(18(22)24-14)27-6-4-26(5-7-27)10-12-8-15-17(30-11-12)9-13(21)19(28)25-15/h2-3,9,12H,4-8,10-11H2,1H3,(H,23,29)(H,25,28). The molecule has 30 heavy (non-hydrogen) atoms. The summed E-state index contributed by atoms with van der Waals surface area (Å²) in [6, 6.07) is 4.71. The van der Waals surface area contributed by atoms with Gasteiger partial charge in [0.1, 0.15) is 16.5 Å². The predicted molar refractivity (Wildman–Crippen MR) is 111 cm³/mol. The van der Waals surface area contributed by atoms with Gasteiger partial charge in [-0.3, -0.25) is 14.5 Å². The Bertz CT molecular complexity index is 1010. The molecule has 10 heteroatoms. The van der Waals surface area contributed by atoms with Gasteiger partial charge in [-0.25, -0.2) is 4.98 Å². The van der Waals surface area contributed by atoms with E-state index < -0.39 is 11.9 Å². The van der Waals surface area contributed by atoms with Crippen LogP contribution in [0.4, 0.5) is 10.1 Å². The van der Waals surface area contributed by atoms with Gasteiger partial charge in [0, 0.05) is 51.8 Å². The van der Waals surface area contributed by atoms with Crippen LogP contribution < -0.4 is 20.5 Å². The van der Waals surface area contributed by atoms with Crippen molar-refractivity contribution in [3.05, 3.63) is 50.9 Å². The molecule has 2 aromatic rings. The molecule has 4 rings (SSSR count). The number of fused-ring (bicyclic) bond motifs is 1. The normalized spacial score (nSPS) is 19.2. The predicted octanol–water partition coefficient (Wildman–Crippen LogP) is 1.30. The van der Waals surface area contributed by atoms with E-state index in [4.69, 9.17) is 16.3 Å². The summed E-state index contributed by atoms with van der Waals surface area (Å²) in [5.74, 6) is -0.149. The lowest BCUT2D eigenvalue weighted by Crippen LogP contribution is -2.49. The molecule has 0 aliphatic carbocycles. The number of anilines is 1. The van der Waals surface area contributed by atoms with Crippen molar-refractivity contribution in [1.82, 2.24) is 20.2 Å². The molecule has 160 valence electrons. The van der Waals surface area contributed by atoms with E-state index in [-0.39, 0.29) is 22.2 Å². The molecule has 2 aliphatic rings. The van der Waals surface area contributed by atoms with Crippen molar-refractivity contribution in [2.45, 2.75) is 6.42 Å². The van der Waals surface area contributed by atoms with E-state index in [1.807, 2.05) is 4.90 Å². The van der Waals surface area contributed by atoms with E-state index in [0.29, 0.717) is 31.1 Å². The first-order valence-corrected chi connectivity index (χ1v) is 10.2. The highest BCUT2D eigenvalue weighted by molar-refractivity contribution is 6.30. The second kappa shape index (κ2) is 8.61. The van der Waals surface area contributed by atoms with Crippen molar-refractivity contribution >= 4 is 23.2 Å². The van der Waals surface area contributed by atoms with Crippen molar-refractivity contribution in [2.24, 2.45) is 5.92 Å². The van der Waals surface area contributed by atoms with E-state index >= 15 is 0 Å². The average molecular weight is 436 g/mol. The fourth-order valence-corrected chi connectivity index (χ4v) is 4.08. The maximum atomic E-state index is 14.4. The van der Waals surface area contributed by atoms with E-state index in [0.717, 1.165) is 31.7 Å². The summed E-state index contributed by atoms with van der Waals surface area (Å²) in [5, 5.41) is 2.57. The second-order valence-corrected chi connectivity index (χ2v) is 7.95. The molecule has 1 atom stereocenters. The summed E-state index contributed by atoms with van der Waals surface area (Å²) in [5.41, 5.74) is 0.955. The monoisotopic (exact) mass is 435 g/mol. The van der Waals surface area contributed by atoms with Gasteiger partial charge < -0.3 is 19.9 Å². The molecule has 2 aliphatic heterocycles. The Morgan fingerprint density at radius 3 is 2.83 bits per heavy atom. The number of hydrogen-bond acceptors (Lipinski definition) is 6. The maximum absolute atomic E-state index is 14.4. The number of rotatable bonds is 4. The smallest absolute Gasteiger partial charge is 0.269 e. The van der Waals surface area contributed by atoms with Gasteiger partial charge in [-0.05, 0) is 18.6 Å². The number of carbonyl (C=O) groups excluding carboxylic acids is 1. The quantitative estimate of drug-likeness (QED) is 0.703. The fourth-order valence-electron chi connectivity index (χ4n) is 3.93. The minimum atomic E-state index is -0.635. The van der Waals surface area contributed by atoms with Crippen molar-refractivity contribution in [1.29, 1.82) is 0 Å². The van der Waals surface area contributed by atoms with E-state index in [1.54, 1.807) is 12.1 Å². The molecule has 0 aromatic carbocycles. The highest BCUT2D eigenvalue weighted by Gasteiger charge is 2.26. The molecular weight excluding hydrogens is 413 g/mol. The van der Waals surface area contributed by atoms with Crippen LogP contribution in [0, 0.1) is 11.9 Å². The number of ether oxygens (including phenoxy) is 1. The minimum Gasteiger partial charge on any atom is -0.491 e. The minimum absolute atomic E-state index is 0.0642. The third-order valence-electron chi connectivity index (χ3n) is 5.52. The summed E-state index contributed by atoms with van der Waals surface area (Å²) in [4.78, 5) is 34.2. The van der Waals surface area contributed by atoms with Crippen molar-refractivity contribution in [3.63, 3.8) is 0 Å². The van der Waals surface area contributed by atoms with E-state index in [9.17, 15) is 14.0 Å². The Morgan fingerprint density at radius 2 is 2.13 bits per heavy atom. The summed E-state index contributed by atoms with van der Waals surface area (Å²) < 4.78 is 20.2. The Morgan fingerprint density at radius 1 is 1.37 bits per heavy atom. The third kappa shape index (κ3) is 4.27. The number of halogens is 2. The van der Waals surface area contributed by atoms with Crippen molar-refractivity contribution < 1.29 is 13.9 Å². The van der Waals surface area contributed by atoms with Crippen molar-refractivity contribution in [2.75, 3.05) is 51.3 Å². The molecule has 1 saturated heterocycles. The zero-order valence-electron chi connectivity index (χ0n) is 16.6. The number of H-pyrrole nitrogens is 1. The number of nitrogens with one attached hydrogen (secondary N) is 2. The molecule has 1 unspecified atom stereocenters. The maximum Gasteiger partial charge on any atom is 0.269 e. The summed E-state index contributed by atoms with van der Waals surface area (Å²) >= 11 is 5.86. The lowest BCUT2D eigenvalue weighted by molar-refractivity contribution is 0.0957. The third-order valence-corrected chi connectivity index (χ3v) is 5.80.